The fourth-order valence-corrected chi connectivity index (χ4v) is 2.02. The molecule has 0 spiro atoms. The maximum Gasteiger partial charge on any atom is 0.128 e. The van der Waals surface area contributed by atoms with Crippen LogP contribution in [0.2, 0.25) is 5.02 Å². The molecule has 0 unspecified atom stereocenters. The number of hydrogen-bond donors (Lipinski definition) is 1. The van der Waals surface area contributed by atoms with Gasteiger partial charge in [0.2, 0.25) is 0 Å². The van der Waals surface area contributed by atoms with E-state index in [0.29, 0.717) is 11.6 Å². The van der Waals surface area contributed by atoms with Crippen molar-refractivity contribution < 1.29 is 4.74 Å². The molecule has 0 aliphatic rings. The predicted molar refractivity (Wildman–Crippen MR) is 75.4 cm³/mol. The van der Waals surface area contributed by atoms with Gasteiger partial charge in [0.15, 0.2) is 0 Å². The fourth-order valence-electron chi connectivity index (χ4n) is 1.82. The second-order valence-electron chi connectivity index (χ2n) is 4.93. The van der Waals surface area contributed by atoms with Gasteiger partial charge in [0.1, 0.15) is 5.75 Å². The maximum absolute atomic E-state index is 6.20. The lowest BCUT2D eigenvalue weighted by Crippen LogP contribution is -2.29. The lowest BCUT2D eigenvalue weighted by molar-refractivity contribution is 0.419. The van der Waals surface area contributed by atoms with Gasteiger partial charge in [-0.15, -0.1) is 0 Å². The Balaban J connectivity index is 2.69. The smallest absolute Gasteiger partial charge is 0.128 e. The Morgan fingerprint density at radius 2 is 2.00 bits per heavy atom. The summed E-state index contributed by atoms with van der Waals surface area (Å²) in [5, 5.41) is 1.54. The van der Waals surface area contributed by atoms with Crippen molar-refractivity contribution in [2.24, 2.45) is 5.73 Å². The standard InChI is InChI=1S/C14H17ClN2O/c1-14(2,8-16)12-7-4-9-11(18-3)6-5-10(15)13(9)17-12/h4-7H,8,16H2,1-3H3. The second-order valence-corrected chi connectivity index (χ2v) is 5.34. The summed E-state index contributed by atoms with van der Waals surface area (Å²) >= 11 is 6.20. The highest BCUT2D eigenvalue weighted by Crippen LogP contribution is 2.32. The van der Waals surface area contributed by atoms with Gasteiger partial charge in [-0.1, -0.05) is 25.4 Å². The van der Waals surface area contributed by atoms with Gasteiger partial charge < -0.3 is 10.5 Å². The molecule has 2 aromatic rings. The van der Waals surface area contributed by atoms with Crippen LogP contribution in [0.4, 0.5) is 0 Å². The first-order valence-corrected chi connectivity index (χ1v) is 6.21. The third kappa shape index (κ3) is 2.16. The van der Waals surface area contributed by atoms with Crippen molar-refractivity contribution in [3.63, 3.8) is 0 Å². The molecule has 96 valence electrons. The van der Waals surface area contributed by atoms with Crippen molar-refractivity contribution in [1.82, 2.24) is 4.98 Å². The predicted octanol–water partition coefficient (Wildman–Crippen LogP) is 3.13. The number of ether oxygens (including phenoxy) is 1. The van der Waals surface area contributed by atoms with Gasteiger partial charge in [0.25, 0.3) is 0 Å². The normalized spacial score (nSPS) is 11.8. The monoisotopic (exact) mass is 264 g/mol. The van der Waals surface area contributed by atoms with Crippen LogP contribution in [0, 0.1) is 0 Å². The largest absolute Gasteiger partial charge is 0.496 e. The minimum atomic E-state index is -0.166. The molecule has 0 radical (unpaired) electrons. The van der Waals surface area contributed by atoms with Crippen molar-refractivity contribution >= 4 is 22.5 Å². The van der Waals surface area contributed by atoms with E-state index < -0.39 is 0 Å². The van der Waals surface area contributed by atoms with E-state index in [-0.39, 0.29) is 5.41 Å². The van der Waals surface area contributed by atoms with Gasteiger partial charge in [-0.3, -0.25) is 4.98 Å². The van der Waals surface area contributed by atoms with E-state index >= 15 is 0 Å². The van der Waals surface area contributed by atoms with Crippen LogP contribution >= 0.6 is 11.6 Å². The van der Waals surface area contributed by atoms with E-state index in [4.69, 9.17) is 22.1 Å². The number of halogens is 1. The number of nitrogens with zero attached hydrogens (tertiary/aromatic N) is 1. The van der Waals surface area contributed by atoms with Crippen molar-refractivity contribution in [3.05, 3.63) is 35.0 Å². The molecule has 0 aliphatic heterocycles. The Labute approximate surface area is 112 Å². The molecule has 0 atom stereocenters. The summed E-state index contributed by atoms with van der Waals surface area (Å²) in [5.41, 5.74) is 7.31. The summed E-state index contributed by atoms with van der Waals surface area (Å²) in [6, 6.07) is 7.61. The van der Waals surface area contributed by atoms with Gasteiger partial charge >= 0.3 is 0 Å². The van der Waals surface area contributed by atoms with Crippen molar-refractivity contribution in [1.29, 1.82) is 0 Å². The molecule has 0 saturated heterocycles. The first-order chi connectivity index (χ1) is 8.49. The van der Waals surface area contributed by atoms with E-state index in [0.717, 1.165) is 22.3 Å². The summed E-state index contributed by atoms with van der Waals surface area (Å²) in [6.07, 6.45) is 0. The first-order valence-electron chi connectivity index (χ1n) is 5.83. The highest BCUT2D eigenvalue weighted by molar-refractivity contribution is 6.35. The number of aromatic nitrogens is 1. The SMILES string of the molecule is COc1ccc(Cl)c2nc(C(C)(C)CN)ccc12. The molecular formula is C14H17ClN2O. The average Bonchev–Trinajstić information content (AvgIpc) is 2.39. The van der Waals surface area contributed by atoms with Crippen molar-refractivity contribution in [3.8, 4) is 5.75 Å². The average molecular weight is 265 g/mol. The lowest BCUT2D eigenvalue weighted by atomic mass is 9.88. The molecule has 0 fully saturated rings. The van der Waals surface area contributed by atoms with Gasteiger partial charge in [-0.25, -0.2) is 0 Å². The quantitative estimate of drug-likeness (QED) is 0.927. The second kappa shape index (κ2) is 4.75. The zero-order valence-corrected chi connectivity index (χ0v) is 11.6. The highest BCUT2D eigenvalue weighted by Gasteiger charge is 2.21. The fraction of sp³-hybridized carbons (Fsp3) is 0.357. The van der Waals surface area contributed by atoms with Crippen LogP contribution in [0.5, 0.6) is 5.75 Å². The van der Waals surface area contributed by atoms with E-state index in [9.17, 15) is 0 Å². The number of hydrogen-bond acceptors (Lipinski definition) is 3. The number of pyridine rings is 1. The number of benzene rings is 1. The Bertz CT molecular complexity index is 581. The van der Waals surface area contributed by atoms with Crippen molar-refractivity contribution in [2.45, 2.75) is 19.3 Å². The van der Waals surface area contributed by atoms with Crippen LogP contribution < -0.4 is 10.5 Å². The van der Waals surface area contributed by atoms with Crippen LogP contribution in [0.25, 0.3) is 10.9 Å². The molecule has 1 aromatic carbocycles. The molecule has 1 aromatic heterocycles. The third-order valence-corrected chi connectivity index (χ3v) is 3.50. The molecule has 0 bridgehead atoms. The molecule has 4 heteroatoms. The minimum Gasteiger partial charge on any atom is -0.496 e. The molecule has 2 rings (SSSR count). The van der Waals surface area contributed by atoms with E-state index in [1.807, 2.05) is 18.2 Å². The summed E-state index contributed by atoms with van der Waals surface area (Å²) < 4.78 is 5.31. The Hall–Kier alpha value is -1.32. The Morgan fingerprint density at radius 3 is 2.61 bits per heavy atom. The summed E-state index contributed by atoms with van der Waals surface area (Å²) in [7, 11) is 1.64. The number of fused-ring (bicyclic) bond motifs is 1. The number of nitrogens with two attached hydrogens (primary N) is 1. The third-order valence-electron chi connectivity index (χ3n) is 3.19. The molecule has 18 heavy (non-hydrogen) atoms. The zero-order valence-electron chi connectivity index (χ0n) is 10.8. The van der Waals surface area contributed by atoms with Gasteiger partial charge in [-0.05, 0) is 24.3 Å². The number of methoxy groups -OCH3 is 1. The summed E-state index contributed by atoms with van der Waals surface area (Å²) in [4.78, 5) is 4.63. The van der Waals surface area contributed by atoms with E-state index in [1.54, 1.807) is 13.2 Å². The van der Waals surface area contributed by atoms with Crippen LogP contribution in [0.3, 0.4) is 0 Å². The van der Waals surface area contributed by atoms with Gasteiger partial charge in [-0.2, -0.15) is 0 Å². The van der Waals surface area contributed by atoms with Crippen molar-refractivity contribution in [2.75, 3.05) is 13.7 Å². The maximum atomic E-state index is 6.20. The van der Waals surface area contributed by atoms with Gasteiger partial charge in [0.05, 0.1) is 17.6 Å². The number of rotatable bonds is 3. The van der Waals surface area contributed by atoms with E-state index in [1.165, 1.54) is 0 Å². The minimum absolute atomic E-state index is 0.166. The highest BCUT2D eigenvalue weighted by atomic mass is 35.5. The molecule has 3 nitrogen and oxygen atoms in total. The molecule has 0 saturated carbocycles. The zero-order chi connectivity index (χ0) is 13.3. The molecule has 0 amide bonds. The topological polar surface area (TPSA) is 48.1 Å². The Morgan fingerprint density at radius 1 is 1.28 bits per heavy atom. The van der Waals surface area contributed by atoms with E-state index in [2.05, 4.69) is 18.8 Å². The molecule has 0 aliphatic carbocycles. The molecular weight excluding hydrogens is 248 g/mol. The van der Waals surface area contributed by atoms with Crippen LogP contribution in [-0.4, -0.2) is 18.6 Å². The Kier molecular flexibility index (Phi) is 3.46. The van der Waals surface area contributed by atoms with Gasteiger partial charge in [0, 0.05) is 23.0 Å². The van der Waals surface area contributed by atoms with Crippen LogP contribution in [0.1, 0.15) is 19.5 Å². The van der Waals surface area contributed by atoms with Crippen LogP contribution in [0.15, 0.2) is 24.3 Å². The molecule has 1 heterocycles. The van der Waals surface area contributed by atoms with Crippen LogP contribution in [-0.2, 0) is 5.41 Å². The first kappa shape index (κ1) is 13.1. The molecule has 2 N–H and O–H groups in total. The summed E-state index contributed by atoms with van der Waals surface area (Å²) in [5.74, 6) is 0.777. The summed E-state index contributed by atoms with van der Waals surface area (Å²) in [6.45, 7) is 4.66. The lowest BCUT2D eigenvalue weighted by Gasteiger charge is -2.22.